The molecule has 3 rings (SSSR count). The number of carbonyl (C=O) groups excluding carboxylic acids is 1. The maximum atomic E-state index is 13.0. The molecule has 0 amide bonds. The first kappa shape index (κ1) is 23.3. The third kappa shape index (κ3) is 6.31. The van der Waals surface area contributed by atoms with Crippen molar-refractivity contribution >= 4 is 23.4 Å². The molecular weight excluding hydrogens is 416 g/mol. The summed E-state index contributed by atoms with van der Waals surface area (Å²) in [6.07, 6.45) is 2.23. The van der Waals surface area contributed by atoms with E-state index in [2.05, 4.69) is 29.0 Å². The first-order chi connectivity index (χ1) is 14.8. The van der Waals surface area contributed by atoms with Crippen LogP contribution in [0, 0.1) is 12.8 Å². The van der Waals surface area contributed by atoms with Gasteiger partial charge in [-0.3, -0.25) is 19.1 Å². The molecule has 1 aromatic heterocycles. The first-order valence-electron chi connectivity index (χ1n) is 10.8. The van der Waals surface area contributed by atoms with Crippen LogP contribution >= 0.6 is 11.6 Å². The third-order valence-corrected chi connectivity index (χ3v) is 5.85. The van der Waals surface area contributed by atoms with Crippen molar-refractivity contribution in [2.45, 2.75) is 52.8 Å². The second-order valence-corrected chi connectivity index (χ2v) is 8.80. The van der Waals surface area contributed by atoms with Gasteiger partial charge in [0.2, 0.25) is 0 Å². The Morgan fingerprint density at radius 1 is 1.32 bits per heavy atom. The minimum Gasteiger partial charge on any atom is -0.459 e. The predicted octanol–water partition coefficient (Wildman–Crippen LogP) is 3.48. The van der Waals surface area contributed by atoms with Gasteiger partial charge in [0.25, 0.3) is 5.56 Å². The lowest BCUT2D eigenvalue weighted by Crippen LogP contribution is -2.39. The normalized spacial score (nSPS) is 16.6. The van der Waals surface area contributed by atoms with E-state index in [0.717, 1.165) is 31.5 Å². The van der Waals surface area contributed by atoms with E-state index in [4.69, 9.17) is 16.3 Å². The van der Waals surface area contributed by atoms with Crippen LogP contribution in [0.4, 0.5) is 5.82 Å². The van der Waals surface area contributed by atoms with Crippen molar-refractivity contribution in [3.05, 3.63) is 57.1 Å². The topological polar surface area (TPSA) is 76.5 Å². The number of rotatable bonds is 9. The smallest absolute Gasteiger partial charge is 0.326 e. The fourth-order valence-corrected chi connectivity index (χ4v) is 4.07. The summed E-state index contributed by atoms with van der Waals surface area (Å²) < 4.78 is 6.65. The number of hydrogen-bond donors (Lipinski definition) is 1. The molecule has 0 bridgehead atoms. The number of nitrogens with one attached hydrogen (secondary N) is 1. The number of anilines is 1. The van der Waals surface area contributed by atoms with Gasteiger partial charge in [-0.1, -0.05) is 55.8 Å². The molecule has 168 valence electrons. The Morgan fingerprint density at radius 3 is 2.77 bits per heavy atom. The van der Waals surface area contributed by atoms with E-state index in [-0.39, 0.29) is 29.7 Å². The van der Waals surface area contributed by atoms with Crippen LogP contribution < -0.4 is 10.9 Å². The number of nitrogens with zero attached hydrogens (tertiary/aromatic N) is 3. The highest BCUT2D eigenvalue weighted by Gasteiger charge is 2.25. The lowest BCUT2D eigenvalue weighted by atomic mass is 10.1. The Bertz CT molecular complexity index is 946. The largest absolute Gasteiger partial charge is 0.459 e. The molecule has 1 saturated heterocycles. The number of carbonyl (C=O) groups is 1. The number of esters is 1. The average Bonchev–Trinajstić information content (AvgIpc) is 3.18. The summed E-state index contributed by atoms with van der Waals surface area (Å²) in [6, 6.07) is 9.77. The SMILES string of the molecule is Cc1c(Cl)nc(NC[C@H]2CCCN2CC(C)C)c(=O)n1CC(=O)OCc1ccccc1. The van der Waals surface area contributed by atoms with Crippen molar-refractivity contribution in [2.75, 3.05) is 25.0 Å². The van der Waals surface area contributed by atoms with Gasteiger partial charge in [-0.2, -0.15) is 0 Å². The van der Waals surface area contributed by atoms with E-state index >= 15 is 0 Å². The van der Waals surface area contributed by atoms with E-state index in [1.807, 2.05) is 30.3 Å². The summed E-state index contributed by atoms with van der Waals surface area (Å²) in [5, 5.41) is 3.37. The van der Waals surface area contributed by atoms with Crippen LogP contribution in [-0.4, -0.2) is 46.1 Å². The van der Waals surface area contributed by atoms with E-state index in [9.17, 15) is 9.59 Å². The molecule has 1 aliphatic rings. The van der Waals surface area contributed by atoms with Crippen molar-refractivity contribution in [1.29, 1.82) is 0 Å². The lowest BCUT2D eigenvalue weighted by Gasteiger charge is -2.26. The number of likely N-dealkylation sites (tertiary alicyclic amines) is 1. The maximum Gasteiger partial charge on any atom is 0.326 e. The molecule has 7 nitrogen and oxygen atoms in total. The second-order valence-electron chi connectivity index (χ2n) is 8.44. The molecule has 1 atom stereocenters. The molecule has 0 aliphatic carbocycles. The van der Waals surface area contributed by atoms with Gasteiger partial charge in [0, 0.05) is 19.1 Å². The van der Waals surface area contributed by atoms with Gasteiger partial charge >= 0.3 is 5.97 Å². The molecule has 0 radical (unpaired) electrons. The molecule has 1 aromatic carbocycles. The molecule has 8 heteroatoms. The Morgan fingerprint density at radius 2 is 2.06 bits per heavy atom. The lowest BCUT2D eigenvalue weighted by molar-refractivity contribution is -0.145. The van der Waals surface area contributed by atoms with Crippen LogP contribution in [0.15, 0.2) is 35.1 Å². The number of hydrogen-bond acceptors (Lipinski definition) is 6. The number of ether oxygens (including phenoxy) is 1. The Labute approximate surface area is 188 Å². The molecule has 0 saturated carbocycles. The predicted molar refractivity (Wildman–Crippen MR) is 122 cm³/mol. The van der Waals surface area contributed by atoms with Crippen LogP contribution in [0.3, 0.4) is 0 Å². The van der Waals surface area contributed by atoms with Gasteiger partial charge in [0.1, 0.15) is 13.2 Å². The average molecular weight is 447 g/mol. The van der Waals surface area contributed by atoms with Crippen molar-refractivity contribution in [1.82, 2.24) is 14.5 Å². The van der Waals surface area contributed by atoms with Crippen molar-refractivity contribution < 1.29 is 9.53 Å². The molecule has 2 aromatic rings. The number of halogens is 1. The van der Waals surface area contributed by atoms with Crippen molar-refractivity contribution in [2.24, 2.45) is 5.92 Å². The minimum absolute atomic E-state index is 0.158. The van der Waals surface area contributed by atoms with E-state index < -0.39 is 5.97 Å². The molecular formula is C23H31ClN4O3. The summed E-state index contributed by atoms with van der Waals surface area (Å²) in [7, 11) is 0. The van der Waals surface area contributed by atoms with Gasteiger partial charge in [-0.05, 0) is 37.8 Å². The Hall–Kier alpha value is -2.38. The van der Waals surface area contributed by atoms with Gasteiger partial charge < -0.3 is 10.1 Å². The van der Waals surface area contributed by atoms with Gasteiger partial charge in [0.05, 0.1) is 5.69 Å². The molecule has 1 aliphatic heterocycles. The van der Waals surface area contributed by atoms with Gasteiger partial charge in [-0.15, -0.1) is 0 Å². The standard InChI is InChI=1S/C23H31ClN4O3/c1-16(2)13-27-11-7-10-19(27)12-25-22-23(30)28(17(3)21(24)26-22)14-20(29)31-15-18-8-5-4-6-9-18/h4-6,8-9,16,19H,7,10-15H2,1-3H3,(H,25,26)/t19-/m1/s1. The summed E-state index contributed by atoms with van der Waals surface area (Å²) in [5.41, 5.74) is 0.959. The van der Waals surface area contributed by atoms with Crippen molar-refractivity contribution in [3.8, 4) is 0 Å². The Balaban J connectivity index is 1.66. The molecule has 31 heavy (non-hydrogen) atoms. The molecule has 0 unspecified atom stereocenters. The van der Waals surface area contributed by atoms with Crippen LogP contribution in [0.2, 0.25) is 5.15 Å². The zero-order valence-electron chi connectivity index (χ0n) is 18.4. The van der Waals surface area contributed by atoms with Crippen LogP contribution in [0.1, 0.15) is 37.9 Å². The van der Waals surface area contributed by atoms with Crippen LogP contribution in [0.5, 0.6) is 0 Å². The molecule has 1 N–H and O–H groups in total. The quantitative estimate of drug-likeness (QED) is 0.594. The Kier molecular flexibility index (Phi) is 8.09. The fraction of sp³-hybridized carbons (Fsp3) is 0.522. The zero-order chi connectivity index (χ0) is 22.4. The van der Waals surface area contributed by atoms with Crippen LogP contribution in [-0.2, 0) is 22.7 Å². The van der Waals surface area contributed by atoms with Crippen LogP contribution in [0.25, 0.3) is 0 Å². The zero-order valence-corrected chi connectivity index (χ0v) is 19.2. The summed E-state index contributed by atoms with van der Waals surface area (Å²) in [4.78, 5) is 32.0. The summed E-state index contributed by atoms with van der Waals surface area (Å²) >= 11 is 6.27. The fourth-order valence-electron chi connectivity index (χ4n) is 3.89. The molecule has 2 heterocycles. The van der Waals surface area contributed by atoms with E-state index in [1.165, 1.54) is 4.57 Å². The summed E-state index contributed by atoms with van der Waals surface area (Å²) in [6.45, 7) is 8.76. The second kappa shape index (κ2) is 10.8. The third-order valence-electron chi connectivity index (χ3n) is 5.49. The molecule has 0 spiro atoms. The maximum absolute atomic E-state index is 13.0. The van der Waals surface area contributed by atoms with Gasteiger partial charge in [-0.25, -0.2) is 4.98 Å². The highest BCUT2D eigenvalue weighted by Crippen LogP contribution is 2.19. The number of aromatic nitrogens is 2. The van der Waals surface area contributed by atoms with E-state index in [0.29, 0.717) is 24.2 Å². The highest BCUT2D eigenvalue weighted by molar-refractivity contribution is 6.30. The first-order valence-corrected chi connectivity index (χ1v) is 11.2. The van der Waals surface area contributed by atoms with Crippen molar-refractivity contribution in [3.63, 3.8) is 0 Å². The number of benzene rings is 1. The monoisotopic (exact) mass is 446 g/mol. The minimum atomic E-state index is -0.499. The van der Waals surface area contributed by atoms with Gasteiger partial charge in [0.15, 0.2) is 11.0 Å². The highest BCUT2D eigenvalue weighted by atomic mass is 35.5. The van der Waals surface area contributed by atoms with E-state index in [1.54, 1.807) is 6.92 Å². The molecule has 1 fully saturated rings. The summed E-state index contributed by atoms with van der Waals surface area (Å²) in [5.74, 6) is 0.260.